The fourth-order valence-electron chi connectivity index (χ4n) is 2.35. The predicted octanol–water partition coefficient (Wildman–Crippen LogP) is 2.41. The third-order valence-electron chi connectivity index (χ3n) is 3.50. The van der Waals surface area contributed by atoms with Crippen molar-refractivity contribution in [3.8, 4) is 6.07 Å². The fourth-order valence-corrected chi connectivity index (χ4v) is 2.35. The first-order chi connectivity index (χ1) is 10.8. The van der Waals surface area contributed by atoms with Crippen LogP contribution < -0.4 is 5.32 Å². The molecular weight excluding hydrogens is 276 g/mol. The van der Waals surface area contributed by atoms with Gasteiger partial charge in [0.15, 0.2) is 0 Å². The van der Waals surface area contributed by atoms with Crippen LogP contribution in [-0.2, 0) is 6.42 Å². The summed E-state index contributed by atoms with van der Waals surface area (Å²) in [5.74, 6) is -0.183. The van der Waals surface area contributed by atoms with Gasteiger partial charge in [0.05, 0.1) is 5.56 Å². The lowest BCUT2D eigenvalue weighted by molar-refractivity contribution is 0.0954. The number of pyridine rings is 1. The number of amides is 1. The molecule has 0 unspecified atom stereocenters. The minimum absolute atomic E-state index is 0.183. The number of hydrogen-bond donors (Lipinski definition) is 2. The Morgan fingerprint density at radius 2 is 2.14 bits per heavy atom. The molecule has 3 aromatic rings. The van der Waals surface area contributed by atoms with Crippen LogP contribution in [0.4, 0.5) is 0 Å². The van der Waals surface area contributed by atoms with Gasteiger partial charge < -0.3 is 10.3 Å². The molecule has 0 aliphatic heterocycles. The highest BCUT2D eigenvalue weighted by Crippen LogP contribution is 2.17. The summed E-state index contributed by atoms with van der Waals surface area (Å²) in [6.07, 6.45) is 4.14. The van der Waals surface area contributed by atoms with E-state index in [-0.39, 0.29) is 5.91 Å². The van der Waals surface area contributed by atoms with Gasteiger partial charge in [0.25, 0.3) is 5.91 Å². The highest BCUT2D eigenvalue weighted by molar-refractivity contribution is 5.94. The number of carbonyl (C=O) groups is 1. The molecule has 2 N–H and O–H groups in total. The van der Waals surface area contributed by atoms with Gasteiger partial charge in [-0.2, -0.15) is 5.26 Å². The summed E-state index contributed by atoms with van der Waals surface area (Å²) in [5, 5.41) is 12.7. The van der Waals surface area contributed by atoms with Crippen LogP contribution in [0.2, 0.25) is 0 Å². The number of H-pyrrole nitrogens is 1. The molecule has 1 aromatic carbocycles. The number of carbonyl (C=O) groups excluding carboxylic acids is 1. The molecule has 22 heavy (non-hydrogen) atoms. The number of nitrogens with zero attached hydrogens (tertiary/aromatic N) is 2. The maximum Gasteiger partial charge on any atom is 0.252 e. The van der Waals surface area contributed by atoms with Gasteiger partial charge in [-0.25, -0.2) is 4.98 Å². The van der Waals surface area contributed by atoms with Crippen LogP contribution in [0.25, 0.3) is 10.9 Å². The van der Waals surface area contributed by atoms with Gasteiger partial charge >= 0.3 is 0 Å². The summed E-state index contributed by atoms with van der Waals surface area (Å²) < 4.78 is 0. The van der Waals surface area contributed by atoms with Crippen LogP contribution in [0.1, 0.15) is 21.6 Å². The lowest BCUT2D eigenvalue weighted by atomic mass is 10.1. The lowest BCUT2D eigenvalue weighted by Gasteiger charge is -2.04. The van der Waals surface area contributed by atoms with E-state index in [0.29, 0.717) is 17.8 Å². The summed E-state index contributed by atoms with van der Waals surface area (Å²) in [6, 6.07) is 13.1. The highest BCUT2D eigenvalue weighted by atomic mass is 16.1. The molecule has 5 nitrogen and oxygen atoms in total. The van der Waals surface area contributed by atoms with E-state index in [1.165, 1.54) is 23.2 Å². The number of hydrogen-bond acceptors (Lipinski definition) is 3. The number of rotatable bonds is 4. The van der Waals surface area contributed by atoms with Crippen LogP contribution in [0.5, 0.6) is 0 Å². The SMILES string of the molecule is N#Cc1ccc(C(=O)NCCc2c[nH]c3ccccc23)cn1. The molecule has 3 rings (SSSR count). The van der Waals surface area contributed by atoms with Crippen LogP contribution in [-0.4, -0.2) is 22.4 Å². The van der Waals surface area contributed by atoms with Crippen LogP contribution in [0.15, 0.2) is 48.8 Å². The van der Waals surface area contributed by atoms with Crippen molar-refractivity contribution >= 4 is 16.8 Å². The van der Waals surface area contributed by atoms with Crippen molar-refractivity contribution in [1.29, 1.82) is 5.26 Å². The van der Waals surface area contributed by atoms with Crippen molar-refractivity contribution in [2.75, 3.05) is 6.54 Å². The summed E-state index contributed by atoms with van der Waals surface area (Å²) >= 11 is 0. The highest BCUT2D eigenvalue weighted by Gasteiger charge is 2.07. The largest absolute Gasteiger partial charge is 0.361 e. The monoisotopic (exact) mass is 290 g/mol. The molecule has 0 fully saturated rings. The molecule has 0 bridgehead atoms. The van der Waals surface area contributed by atoms with Crippen molar-refractivity contribution in [3.63, 3.8) is 0 Å². The predicted molar refractivity (Wildman–Crippen MR) is 83.3 cm³/mol. The van der Waals surface area contributed by atoms with Crippen LogP contribution in [0.3, 0.4) is 0 Å². The van der Waals surface area contributed by atoms with Gasteiger partial charge in [-0.05, 0) is 30.2 Å². The molecule has 0 saturated carbocycles. The Kier molecular flexibility index (Phi) is 3.84. The van der Waals surface area contributed by atoms with E-state index < -0.39 is 0 Å². The van der Waals surface area contributed by atoms with Crippen molar-refractivity contribution in [1.82, 2.24) is 15.3 Å². The average Bonchev–Trinajstić information content (AvgIpc) is 2.98. The van der Waals surface area contributed by atoms with Crippen molar-refractivity contribution in [2.24, 2.45) is 0 Å². The van der Waals surface area contributed by atoms with E-state index in [0.717, 1.165) is 11.9 Å². The number of aromatic amines is 1. The first-order valence-electron chi connectivity index (χ1n) is 6.97. The summed E-state index contributed by atoms with van der Waals surface area (Å²) in [5.41, 5.74) is 3.03. The molecule has 0 spiro atoms. The van der Waals surface area contributed by atoms with E-state index >= 15 is 0 Å². The first kappa shape index (κ1) is 13.8. The molecule has 5 heteroatoms. The second kappa shape index (κ2) is 6.10. The van der Waals surface area contributed by atoms with Crippen LogP contribution >= 0.6 is 0 Å². The van der Waals surface area contributed by atoms with E-state index in [1.807, 2.05) is 30.5 Å². The van der Waals surface area contributed by atoms with E-state index in [2.05, 4.69) is 21.4 Å². The van der Waals surface area contributed by atoms with Crippen molar-refractivity contribution in [2.45, 2.75) is 6.42 Å². The normalized spacial score (nSPS) is 10.3. The number of para-hydroxylation sites is 1. The first-order valence-corrected chi connectivity index (χ1v) is 6.97. The number of nitrogens with one attached hydrogen (secondary N) is 2. The second-order valence-electron chi connectivity index (χ2n) is 4.91. The van der Waals surface area contributed by atoms with Gasteiger partial charge in [0.2, 0.25) is 0 Å². The van der Waals surface area contributed by atoms with Gasteiger partial charge in [0, 0.05) is 29.8 Å². The molecule has 108 valence electrons. The Hall–Kier alpha value is -3.13. The van der Waals surface area contributed by atoms with Crippen molar-refractivity contribution < 1.29 is 4.79 Å². The summed E-state index contributed by atoms with van der Waals surface area (Å²) in [7, 11) is 0. The summed E-state index contributed by atoms with van der Waals surface area (Å²) in [6.45, 7) is 0.542. The topological polar surface area (TPSA) is 81.6 Å². The molecule has 0 saturated heterocycles. The molecule has 0 atom stereocenters. The van der Waals surface area contributed by atoms with Crippen LogP contribution in [0, 0.1) is 11.3 Å². The van der Waals surface area contributed by atoms with Gasteiger partial charge in [-0.1, -0.05) is 18.2 Å². The van der Waals surface area contributed by atoms with Crippen molar-refractivity contribution in [3.05, 3.63) is 65.6 Å². The average molecular weight is 290 g/mol. The molecule has 0 radical (unpaired) electrons. The zero-order chi connectivity index (χ0) is 15.4. The maximum atomic E-state index is 12.0. The number of fused-ring (bicyclic) bond motifs is 1. The number of nitriles is 1. The minimum Gasteiger partial charge on any atom is -0.361 e. The zero-order valence-electron chi connectivity index (χ0n) is 11.8. The Morgan fingerprint density at radius 1 is 1.27 bits per heavy atom. The quantitative estimate of drug-likeness (QED) is 0.774. The Morgan fingerprint density at radius 3 is 2.91 bits per heavy atom. The van der Waals surface area contributed by atoms with E-state index in [4.69, 9.17) is 5.26 Å². The third kappa shape index (κ3) is 2.81. The number of aromatic nitrogens is 2. The zero-order valence-corrected chi connectivity index (χ0v) is 11.8. The minimum atomic E-state index is -0.183. The van der Waals surface area contributed by atoms with Gasteiger partial charge in [-0.3, -0.25) is 4.79 Å². The Balaban J connectivity index is 1.60. The lowest BCUT2D eigenvalue weighted by Crippen LogP contribution is -2.25. The standard InChI is InChI=1S/C17H14N4O/c18-9-14-6-5-13(11-20-14)17(22)19-8-7-12-10-21-16-4-2-1-3-15(12)16/h1-6,10-11,21H,7-8H2,(H,19,22). The number of benzene rings is 1. The van der Waals surface area contributed by atoms with Gasteiger partial charge in [-0.15, -0.1) is 0 Å². The van der Waals surface area contributed by atoms with E-state index in [1.54, 1.807) is 6.07 Å². The third-order valence-corrected chi connectivity index (χ3v) is 3.50. The maximum absolute atomic E-state index is 12.0. The molecule has 2 aromatic heterocycles. The molecule has 0 aliphatic carbocycles. The second-order valence-corrected chi connectivity index (χ2v) is 4.91. The molecule has 0 aliphatic rings. The summed E-state index contributed by atoms with van der Waals surface area (Å²) in [4.78, 5) is 19.1. The fraction of sp³-hybridized carbons (Fsp3) is 0.118. The Labute approximate surface area is 127 Å². The smallest absolute Gasteiger partial charge is 0.252 e. The molecule has 2 heterocycles. The van der Waals surface area contributed by atoms with Gasteiger partial charge in [0.1, 0.15) is 11.8 Å². The molecule has 1 amide bonds. The van der Waals surface area contributed by atoms with E-state index in [9.17, 15) is 4.79 Å². The Bertz CT molecular complexity index is 843. The molecular formula is C17H14N4O.